The van der Waals surface area contributed by atoms with Crippen molar-refractivity contribution in [2.75, 3.05) is 6.54 Å². The molecule has 21 heavy (non-hydrogen) atoms. The van der Waals surface area contributed by atoms with Gasteiger partial charge in [-0.05, 0) is 38.0 Å². The van der Waals surface area contributed by atoms with Crippen molar-refractivity contribution in [1.82, 2.24) is 5.32 Å². The van der Waals surface area contributed by atoms with Crippen molar-refractivity contribution in [2.24, 2.45) is 17.1 Å². The van der Waals surface area contributed by atoms with Gasteiger partial charge in [0.2, 0.25) is 5.91 Å². The molecule has 0 bridgehead atoms. The second-order valence-corrected chi connectivity index (χ2v) is 6.87. The van der Waals surface area contributed by atoms with Gasteiger partial charge in [-0.25, -0.2) is 0 Å². The van der Waals surface area contributed by atoms with Crippen molar-refractivity contribution < 1.29 is 4.79 Å². The van der Waals surface area contributed by atoms with Crippen LogP contribution in [-0.4, -0.2) is 18.5 Å². The molecule has 1 aliphatic carbocycles. The highest BCUT2D eigenvalue weighted by Gasteiger charge is 2.37. The van der Waals surface area contributed by atoms with Crippen LogP contribution in [0.1, 0.15) is 85.0 Å². The van der Waals surface area contributed by atoms with Crippen molar-refractivity contribution in [3.8, 4) is 0 Å². The van der Waals surface area contributed by atoms with Gasteiger partial charge in [-0.15, -0.1) is 0 Å². The molecular formula is C18H36N2O. The van der Waals surface area contributed by atoms with Crippen LogP contribution in [0.5, 0.6) is 0 Å². The molecule has 124 valence electrons. The van der Waals surface area contributed by atoms with E-state index >= 15 is 0 Å². The fourth-order valence-electron chi connectivity index (χ4n) is 4.02. The first kappa shape index (κ1) is 18.5. The zero-order chi connectivity index (χ0) is 15.7. The van der Waals surface area contributed by atoms with E-state index in [1.807, 2.05) is 0 Å². The van der Waals surface area contributed by atoms with Crippen LogP contribution >= 0.6 is 0 Å². The molecule has 1 aliphatic rings. The molecular weight excluding hydrogens is 260 g/mol. The zero-order valence-electron chi connectivity index (χ0n) is 14.4. The maximum atomic E-state index is 12.9. The van der Waals surface area contributed by atoms with Gasteiger partial charge in [0.05, 0.1) is 5.41 Å². The van der Waals surface area contributed by atoms with E-state index in [0.29, 0.717) is 18.5 Å². The summed E-state index contributed by atoms with van der Waals surface area (Å²) in [5.41, 5.74) is 5.67. The van der Waals surface area contributed by atoms with Gasteiger partial charge in [0.1, 0.15) is 0 Å². The number of rotatable bonds is 9. The second-order valence-electron chi connectivity index (χ2n) is 6.87. The van der Waals surface area contributed by atoms with Crippen molar-refractivity contribution in [3.05, 3.63) is 0 Å². The third-order valence-electron chi connectivity index (χ3n) is 5.30. The van der Waals surface area contributed by atoms with Gasteiger partial charge in [0, 0.05) is 12.6 Å². The molecule has 0 heterocycles. The first-order valence-corrected chi connectivity index (χ1v) is 9.14. The van der Waals surface area contributed by atoms with Crippen molar-refractivity contribution in [3.63, 3.8) is 0 Å². The van der Waals surface area contributed by atoms with Gasteiger partial charge >= 0.3 is 0 Å². The summed E-state index contributed by atoms with van der Waals surface area (Å²) in [4.78, 5) is 12.9. The smallest absolute Gasteiger partial charge is 0.227 e. The highest BCUT2D eigenvalue weighted by molar-refractivity contribution is 5.83. The van der Waals surface area contributed by atoms with E-state index in [1.165, 1.54) is 32.1 Å². The van der Waals surface area contributed by atoms with Crippen molar-refractivity contribution in [2.45, 2.75) is 91.0 Å². The van der Waals surface area contributed by atoms with E-state index < -0.39 is 0 Å². The summed E-state index contributed by atoms with van der Waals surface area (Å²) in [6.07, 6.45) is 11.4. The molecule has 0 aliphatic heterocycles. The van der Waals surface area contributed by atoms with E-state index in [4.69, 9.17) is 5.73 Å². The Balaban J connectivity index is 2.72. The lowest BCUT2D eigenvalue weighted by Gasteiger charge is -2.36. The average Bonchev–Trinajstić information content (AvgIpc) is 2.52. The van der Waals surface area contributed by atoms with Crippen LogP contribution in [0.3, 0.4) is 0 Å². The Morgan fingerprint density at radius 2 is 1.71 bits per heavy atom. The third-order valence-corrected chi connectivity index (χ3v) is 5.30. The van der Waals surface area contributed by atoms with Crippen LogP contribution in [0, 0.1) is 11.3 Å². The molecule has 0 aromatic heterocycles. The molecule has 1 atom stereocenters. The minimum Gasteiger partial charge on any atom is -0.353 e. The molecule has 0 aromatic rings. The number of hydrogen-bond acceptors (Lipinski definition) is 2. The van der Waals surface area contributed by atoms with Crippen LogP contribution in [-0.2, 0) is 4.79 Å². The summed E-state index contributed by atoms with van der Waals surface area (Å²) in [5, 5.41) is 3.38. The summed E-state index contributed by atoms with van der Waals surface area (Å²) in [6.45, 7) is 6.96. The Morgan fingerprint density at radius 1 is 1.14 bits per heavy atom. The van der Waals surface area contributed by atoms with Crippen LogP contribution in [0.4, 0.5) is 0 Å². The van der Waals surface area contributed by atoms with Gasteiger partial charge in [-0.1, -0.05) is 52.9 Å². The Kier molecular flexibility index (Phi) is 8.31. The topological polar surface area (TPSA) is 55.1 Å². The number of carbonyl (C=O) groups is 1. The lowest BCUT2D eigenvalue weighted by atomic mass is 9.77. The molecule has 0 spiro atoms. The second kappa shape index (κ2) is 9.45. The van der Waals surface area contributed by atoms with Gasteiger partial charge in [0.15, 0.2) is 0 Å². The quantitative estimate of drug-likeness (QED) is 0.675. The normalized spacial score (nSPS) is 18.5. The van der Waals surface area contributed by atoms with Crippen LogP contribution < -0.4 is 11.1 Å². The summed E-state index contributed by atoms with van der Waals surface area (Å²) < 4.78 is 0. The highest BCUT2D eigenvalue weighted by Crippen LogP contribution is 2.32. The minimum atomic E-state index is -0.342. The Hall–Kier alpha value is -0.570. The molecule has 1 rings (SSSR count). The number of hydrogen-bond donors (Lipinski definition) is 2. The highest BCUT2D eigenvalue weighted by atomic mass is 16.2. The number of carbonyl (C=O) groups excluding carboxylic acids is 1. The van der Waals surface area contributed by atoms with E-state index in [9.17, 15) is 4.79 Å². The molecule has 1 unspecified atom stereocenters. The van der Waals surface area contributed by atoms with Gasteiger partial charge in [-0.2, -0.15) is 0 Å². The lowest BCUT2D eigenvalue weighted by Crippen LogP contribution is -2.51. The van der Waals surface area contributed by atoms with Crippen molar-refractivity contribution >= 4 is 5.91 Å². The molecule has 0 aromatic carbocycles. The fraction of sp³-hybridized carbons (Fsp3) is 0.944. The first-order chi connectivity index (χ1) is 10.1. The monoisotopic (exact) mass is 296 g/mol. The van der Waals surface area contributed by atoms with E-state index in [2.05, 4.69) is 26.1 Å². The number of nitrogens with two attached hydrogens (primary N) is 1. The Morgan fingerprint density at radius 3 is 2.14 bits per heavy atom. The molecule has 1 saturated carbocycles. The Labute approximate surface area is 131 Å². The fourth-order valence-corrected chi connectivity index (χ4v) is 4.02. The van der Waals surface area contributed by atoms with E-state index in [0.717, 1.165) is 32.1 Å². The summed E-state index contributed by atoms with van der Waals surface area (Å²) >= 11 is 0. The summed E-state index contributed by atoms with van der Waals surface area (Å²) in [5.74, 6) is 0.887. The zero-order valence-corrected chi connectivity index (χ0v) is 14.4. The minimum absolute atomic E-state index is 0.214. The van der Waals surface area contributed by atoms with Crippen LogP contribution in [0.15, 0.2) is 0 Å². The SMILES string of the molecule is CCCC(CN)(CCC)C(=O)NC(CC)C1CCCCC1. The molecule has 3 heteroatoms. The standard InChI is InChI=1S/C18H36N2O/c1-4-12-18(14-19,13-5-2)17(21)20-16(6-3)15-10-8-7-9-11-15/h15-16H,4-14,19H2,1-3H3,(H,20,21). The van der Waals surface area contributed by atoms with Crippen LogP contribution in [0.2, 0.25) is 0 Å². The van der Waals surface area contributed by atoms with Crippen molar-refractivity contribution in [1.29, 1.82) is 0 Å². The number of amides is 1. The Bertz CT molecular complexity index is 292. The van der Waals surface area contributed by atoms with E-state index in [-0.39, 0.29) is 11.3 Å². The molecule has 1 amide bonds. The van der Waals surface area contributed by atoms with E-state index in [1.54, 1.807) is 0 Å². The molecule has 1 fully saturated rings. The summed E-state index contributed by atoms with van der Waals surface area (Å²) in [6, 6.07) is 0.345. The third kappa shape index (κ3) is 4.98. The van der Waals surface area contributed by atoms with Gasteiger partial charge in [0.25, 0.3) is 0 Å². The maximum absolute atomic E-state index is 12.9. The molecule has 3 N–H and O–H groups in total. The number of nitrogens with one attached hydrogen (secondary N) is 1. The molecule has 0 saturated heterocycles. The largest absolute Gasteiger partial charge is 0.353 e. The lowest BCUT2D eigenvalue weighted by molar-refractivity contribution is -0.132. The predicted octanol–water partition coefficient (Wildman–Crippen LogP) is 4.01. The first-order valence-electron chi connectivity index (χ1n) is 9.14. The molecule has 0 radical (unpaired) electrons. The maximum Gasteiger partial charge on any atom is 0.227 e. The van der Waals surface area contributed by atoms with Crippen LogP contribution in [0.25, 0.3) is 0 Å². The summed E-state index contributed by atoms with van der Waals surface area (Å²) in [7, 11) is 0. The predicted molar refractivity (Wildman–Crippen MR) is 90.1 cm³/mol. The van der Waals surface area contributed by atoms with Gasteiger partial charge in [-0.3, -0.25) is 4.79 Å². The van der Waals surface area contributed by atoms with Gasteiger partial charge < -0.3 is 11.1 Å². The average molecular weight is 296 g/mol. The molecule has 3 nitrogen and oxygen atoms in total.